The summed E-state index contributed by atoms with van der Waals surface area (Å²) in [6, 6.07) is 14.7. The van der Waals surface area contributed by atoms with Crippen molar-refractivity contribution in [3.63, 3.8) is 0 Å². The van der Waals surface area contributed by atoms with E-state index in [-0.39, 0.29) is 17.9 Å². The van der Waals surface area contributed by atoms with Crippen molar-refractivity contribution in [1.29, 1.82) is 0 Å². The molecule has 2 aromatic rings. The molecule has 0 fully saturated rings. The van der Waals surface area contributed by atoms with E-state index < -0.39 is 0 Å². The highest BCUT2D eigenvalue weighted by molar-refractivity contribution is 5.90. The third-order valence-corrected chi connectivity index (χ3v) is 4.27. The van der Waals surface area contributed by atoms with Gasteiger partial charge in [0, 0.05) is 18.5 Å². The first-order chi connectivity index (χ1) is 13.5. The van der Waals surface area contributed by atoms with Crippen LogP contribution in [0, 0.1) is 0 Å². The van der Waals surface area contributed by atoms with Crippen LogP contribution in [0.5, 0.6) is 11.5 Å². The smallest absolute Gasteiger partial charge is 0.224 e. The number of methoxy groups -OCH3 is 1. The lowest BCUT2D eigenvalue weighted by Crippen LogP contribution is -2.26. The molecule has 0 spiro atoms. The van der Waals surface area contributed by atoms with E-state index >= 15 is 0 Å². The van der Waals surface area contributed by atoms with Crippen LogP contribution in [0.1, 0.15) is 44.7 Å². The van der Waals surface area contributed by atoms with Crippen molar-refractivity contribution in [3.8, 4) is 11.5 Å². The number of hydrogen-bond acceptors (Lipinski definition) is 4. The van der Waals surface area contributed by atoms with Gasteiger partial charge in [-0.25, -0.2) is 0 Å². The van der Waals surface area contributed by atoms with Crippen molar-refractivity contribution in [1.82, 2.24) is 5.32 Å². The summed E-state index contributed by atoms with van der Waals surface area (Å²) in [5.41, 5.74) is 1.74. The van der Waals surface area contributed by atoms with E-state index in [1.54, 1.807) is 7.11 Å². The molecule has 0 saturated carbocycles. The molecule has 0 heterocycles. The van der Waals surface area contributed by atoms with E-state index in [1.807, 2.05) is 62.4 Å². The van der Waals surface area contributed by atoms with Crippen molar-refractivity contribution in [2.75, 3.05) is 19.0 Å². The molecule has 1 unspecified atom stereocenters. The van der Waals surface area contributed by atoms with Crippen LogP contribution in [0.25, 0.3) is 0 Å². The fourth-order valence-corrected chi connectivity index (χ4v) is 2.60. The van der Waals surface area contributed by atoms with E-state index in [2.05, 4.69) is 10.6 Å². The van der Waals surface area contributed by atoms with Gasteiger partial charge < -0.3 is 20.1 Å². The van der Waals surface area contributed by atoms with Crippen molar-refractivity contribution in [2.24, 2.45) is 0 Å². The Hall–Kier alpha value is -3.02. The van der Waals surface area contributed by atoms with Gasteiger partial charge in [-0.2, -0.15) is 0 Å². The van der Waals surface area contributed by atoms with Crippen molar-refractivity contribution in [2.45, 2.75) is 39.2 Å². The molecule has 0 bridgehead atoms. The second-order valence-electron chi connectivity index (χ2n) is 6.44. The van der Waals surface area contributed by atoms with Gasteiger partial charge in [0.05, 0.1) is 19.8 Å². The number of rotatable bonds is 10. The molecule has 2 aromatic carbocycles. The van der Waals surface area contributed by atoms with Gasteiger partial charge in [0.15, 0.2) is 0 Å². The number of amides is 2. The number of benzene rings is 2. The molecule has 2 rings (SSSR count). The molecule has 0 aliphatic heterocycles. The summed E-state index contributed by atoms with van der Waals surface area (Å²) in [5.74, 6) is 1.49. The van der Waals surface area contributed by atoms with E-state index in [1.165, 1.54) is 0 Å². The van der Waals surface area contributed by atoms with E-state index in [9.17, 15) is 9.59 Å². The summed E-state index contributed by atoms with van der Waals surface area (Å²) in [5, 5.41) is 5.79. The molecule has 150 valence electrons. The molecule has 2 N–H and O–H groups in total. The number of nitrogens with one attached hydrogen (secondary N) is 2. The maximum atomic E-state index is 12.1. The second-order valence-corrected chi connectivity index (χ2v) is 6.44. The Morgan fingerprint density at radius 2 is 1.61 bits per heavy atom. The molecule has 2 amide bonds. The number of anilines is 1. The Morgan fingerprint density at radius 3 is 2.21 bits per heavy atom. The molecule has 0 aliphatic carbocycles. The van der Waals surface area contributed by atoms with Crippen molar-refractivity contribution in [3.05, 3.63) is 54.1 Å². The van der Waals surface area contributed by atoms with Crippen molar-refractivity contribution >= 4 is 17.5 Å². The van der Waals surface area contributed by atoms with Gasteiger partial charge in [-0.1, -0.05) is 19.1 Å². The zero-order valence-corrected chi connectivity index (χ0v) is 16.7. The molecule has 1 atom stereocenters. The highest BCUT2D eigenvalue weighted by Crippen LogP contribution is 2.18. The molecule has 6 nitrogen and oxygen atoms in total. The van der Waals surface area contributed by atoms with Gasteiger partial charge in [-0.15, -0.1) is 0 Å². The number of carbonyl (C=O) groups is 2. The van der Waals surface area contributed by atoms with Crippen LogP contribution < -0.4 is 20.1 Å². The lowest BCUT2D eigenvalue weighted by Gasteiger charge is -2.15. The summed E-state index contributed by atoms with van der Waals surface area (Å²) in [6.45, 7) is 4.22. The van der Waals surface area contributed by atoms with Gasteiger partial charge in [-0.3, -0.25) is 9.59 Å². The standard InChI is InChI=1S/C22H28N2O4/c1-4-21(25)24-18-9-7-17(8-10-18)16(2)23-22(26)6-5-15-28-20-13-11-19(27-3)12-14-20/h7-14,16H,4-6,15H2,1-3H3,(H,23,26)(H,24,25). The summed E-state index contributed by atoms with van der Waals surface area (Å²) in [7, 11) is 1.62. The molecular formula is C22H28N2O4. The number of ether oxygens (including phenoxy) is 2. The maximum Gasteiger partial charge on any atom is 0.224 e. The van der Waals surface area contributed by atoms with Crippen LogP contribution in [0.15, 0.2) is 48.5 Å². The third kappa shape index (κ3) is 6.95. The van der Waals surface area contributed by atoms with E-state index in [4.69, 9.17) is 9.47 Å². The minimum absolute atomic E-state index is 0.0193. The predicted octanol–water partition coefficient (Wildman–Crippen LogP) is 4.08. The topological polar surface area (TPSA) is 76.7 Å². The van der Waals surface area contributed by atoms with Gasteiger partial charge >= 0.3 is 0 Å². The van der Waals surface area contributed by atoms with Gasteiger partial charge in [0.1, 0.15) is 11.5 Å². The van der Waals surface area contributed by atoms with Crippen LogP contribution >= 0.6 is 0 Å². The normalized spacial score (nSPS) is 11.4. The summed E-state index contributed by atoms with van der Waals surface area (Å²) < 4.78 is 10.7. The van der Waals surface area contributed by atoms with Crippen LogP contribution in [-0.2, 0) is 9.59 Å². The monoisotopic (exact) mass is 384 g/mol. The molecule has 0 aliphatic rings. The first-order valence-corrected chi connectivity index (χ1v) is 9.48. The summed E-state index contributed by atoms with van der Waals surface area (Å²) >= 11 is 0. The zero-order valence-electron chi connectivity index (χ0n) is 16.7. The van der Waals surface area contributed by atoms with Gasteiger partial charge in [0.25, 0.3) is 0 Å². The third-order valence-electron chi connectivity index (χ3n) is 4.27. The minimum Gasteiger partial charge on any atom is -0.497 e. The van der Waals surface area contributed by atoms with Crippen LogP contribution in [-0.4, -0.2) is 25.5 Å². The number of carbonyl (C=O) groups excluding carboxylic acids is 2. The highest BCUT2D eigenvalue weighted by Gasteiger charge is 2.10. The Kier molecular flexibility index (Phi) is 8.34. The first kappa shape index (κ1) is 21.3. The molecule has 0 radical (unpaired) electrons. The van der Waals surface area contributed by atoms with Gasteiger partial charge in [-0.05, 0) is 55.3 Å². The Morgan fingerprint density at radius 1 is 0.964 bits per heavy atom. The predicted molar refractivity (Wildman–Crippen MR) is 110 cm³/mol. The Balaban J connectivity index is 1.70. The Labute approximate surface area is 166 Å². The minimum atomic E-state index is -0.106. The zero-order chi connectivity index (χ0) is 20.4. The van der Waals surface area contributed by atoms with E-state index in [0.29, 0.717) is 25.9 Å². The van der Waals surface area contributed by atoms with Crippen LogP contribution in [0.3, 0.4) is 0 Å². The highest BCUT2D eigenvalue weighted by atomic mass is 16.5. The molecular weight excluding hydrogens is 356 g/mol. The second kappa shape index (κ2) is 11.0. The summed E-state index contributed by atoms with van der Waals surface area (Å²) in [6.07, 6.45) is 1.47. The average molecular weight is 384 g/mol. The Bertz CT molecular complexity index is 757. The molecule has 0 aromatic heterocycles. The van der Waals surface area contributed by atoms with Gasteiger partial charge in [0.2, 0.25) is 11.8 Å². The largest absolute Gasteiger partial charge is 0.497 e. The fourth-order valence-electron chi connectivity index (χ4n) is 2.60. The van der Waals surface area contributed by atoms with E-state index in [0.717, 1.165) is 22.7 Å². The lowest BCUT2D eigenvalue weighted by molar-refractivity contribution is -0.122. The average Bonchev–Trinajstić information content (AvgIpc) is 2.72. The molecule has 0 saturated heterocycles. The maximum absolute atomic E-state index is 12.1. The van der Waals surface area contributed by atoms with Crippen LogP contribution in [0.2, 0.25) is 0 Å². The van der Waals surface area contributed by atoms with Crippen molar-refractivity contribution < 1.29 is 19.1 Å². The fraction of sp³-hybridized carbons (Fsp3) is 0.364. The quantitative estimate of drug-likeness (QED) is 0.605. The molecule has 6 heteroatoms. The lowest BCUT2D eigenvalue weighted by atomic mass is 10.1. The SMILES string of the molecule is CCC(=O)Nc1ccc(C(C)NC(=O)CCCOc2ccc(OC)cc2)cc1. The van der Waals surface area contributed by atoms with Crippen LogP contribution in [0.4, 0.5) is 5.69 Å². The first-order valence-electron chi connectivity index (χ1n) is 9.48. The summed E-state index contributed by atoms with van der Waals surface area (Å²) in [4.78, 5) is 23.5. The number of hydrogen-bond donors (Lipinski definition) is 2. The molecule has 28 heavy (non-hydrogen) atoms.